The molecule has 0 spiro atoms. The van der Waals surface area contributed by atoms with Crippen LogP contribution in [0.2, 0.25) is 0 Å². The molecule has 1 saturated heterocycles. The average Bonchev–Trinajstić information content (AvgIpc) is 3.43. The van der Waals surface area contributed by atoms with Crippen LogP contribution in [0.3, 0.4) is 0 Å². The molecular formula is C18H17N9O. The number of aromatic amines is 1. The summed E-state index contributed by atoms with van der Waals surface area (Å²) < 4.78 is 8.06. The molecule has 2 aliphatic heterocycles. The summed E-state index contributed by atoms with van der Waals surface area (Å²) in [7, 11) is 0. The van der Waals surface area contributed by atoms with Gasteiger partial charge in [-0.25, -0.2) is 19.6 Å². The topological polar surface area (TPSA) is 124 Å². The smallest absolute Gasteiger partial charge is 0.220 e. The van der Waals surface area contributed by atoms with Gasteiger partial charge in [0.2, 0.25) is 5.95 Å². The van der Waals surface area contributed by atoms with Crippen LogP contribution in [-0.4, -0.2) is 54.1 Å². The van der Waals surface area contributed by atoms with E-state index in [-0.39, 0.29) is 18.1 Å². The van der Waals surface area contributed by atoms with Crippen molar-refractivity contribution in [2.45, 2.75) is 18.8 Å². The van der Waals surface area contributed by atoms with Crippen LogP contribution in [0, 0.1) is 0 Å². The van der Waals surface area contributed by atoms with Crippen molar-refractivity contribution >= 4 is 22.7 Å². The lowest BCUT2D eigenvalue weighted by atomic mass is 10.1. The van der Waals surface area contributed by atoms with Gasteiger partial charge in [0.25, 0.3) is 0 Å². The zero-order valence-corrected chi connectivity index (χ0v) is 14.9. The van der Waals surface area contributed by atoms with Crippen molar-refractivity contribution in [2.24, 2.45) is 0 Å². The number of anilines is 2. The first kappa shape index (κ1) is 15.5. The van der Waals surface area contributed by atoms with Gasteiger partial charge < -0.3 is 20.4 Å². The summed E-state index contributed by atoms with van der Waals surface area (Å²) >= 11 is 0. The molecule has 3 N–H and O–H groups in total. The third-order valence-corrected chi connectivity index (χ3v) is 5.49. The lowest BCUT2D eigenvalue weighted by Gasteiger charge is -2.25. The molecule has 6 heterocycles. The lowest BCUT2D eigenvalue weighted by Crippen LogP contribution is -2.32. The SMILES string of the molecule is Nc1nccc(-c2c[nH]c3nccc(N4CC5[C@@H](C4)OCc4cnnn45)c23)n1. The van der Waals surface area contributed by atoms with E-state index in [1.165, 1.54) is 0 Å². The molecule has 10 heteroatoms. The van der Waals surface area contributed by atoms with Gasteiger partial charge in [-0.1, -0.05) is 5.21 Å². The van der Waals surface area contributed by atoms with E-state index in [9.17, 15) is 0 Å². The predicted molar refractivity (Wildman–Crippen MR) is 101 cm³/mol. The Hall–Kier alpha value is -3.53. The van der Waals surface area contributed by atoms with Crippen molar-refractivity contribution in [3.63, 3.8) is 0 Å². The van der Waals surface area contributed by atoms with Crippen molar-refractivity contribution in [3.05, 3.63) is 42.6 Å². The van der Waals surface area contributed by atoms with Gasteiger partial charge in [0.15, 0.2) is 0 Å². The Morgan fingerprint density at radius 1 is 1.18 bits per heavy atom. The Morgan fingerprint density at radius 2 is 2.11 bits per heavy atom. The zero-order chi connectivity index (χ0) is 18.7. The van der Waals surface area contributed by atoms with Gasteiger partial charge in [-0.3, -0.25) is 0 Å². The maximum Gasteiger partial charge on any atom is 0.220 e. The van der Waals surface area contributed by atoms with Crippen molar-refractivity contribution < 1.29 is 4.74 Å². The minimum absolute atomic E-state index is 0.0782. The van der Waals surface area contributed by atoms with Crippen molar-refractivity contribution in [1.82, 2.24) is 34.9 Å². The summed E-state index contributed by atoms with van der Waals surface area (Å²) in [6, 6.07) is 4.03. The Bertz CT molecular complexity index is 1180. The number of fused-ring (bicyclic) bond motifs is 4. The van der Waals surface area contributed by atoms with Gasteiger partial charge in [-0.2, -0.15) is 0 Å². The van der Waals surface area contributed by atoms with E-state index < -0.39 is 0 Å². The summed E-state index contributed by atoms with van der Waals surface area (Å²) in [4.78, 5) is 18.4. The number of nitrogens with zero attached hydrogens (tertiary/aromatic N) is 7. The summed E-state index contributed by atoms with van der Waals surface area (Å²) in [6.07, 6.45) is 7.24. The van der Waals surface area contributed by atoms with Gasteiger partial charge in [-0.05, 0) is 12.1 Å². The molecule has 6 rings (SSSR count). The van der Waals surface area contributed by atoms with Crippen molar-refractivity contribution in [2.75, 3.05) is 23.7 Å². The van der Waals surface area contributed by atoms with E-state index in [1.54, 1.807) is 12.4 Å². The first-order valence-electron chi connectivity index (χ1n) is 9.08. The molecule has 140 valence electrons. The largest absolute Gasteiger partial charge is 0.368 e. The highest BCUT2D eigenvalue weighted by molar-refractivity contribution is 6.02. The summed E-state index contributed by atoms with van der Waals surface area (Å²) in [5, 5.41) is 9.32. The molecule has 4 aromatic rings. The summed E-state index contributed by atoms with van der Waals surface area (Å²) in [6.45, 7) is 2.11. The molecule has 2 aliphatic rings. The fraction of sp³-hybridized carbons (Fsp3) is 0.278. The summed E-state index contributed by atoms with van der Waals surface area (Å²) in [5.74, 6) is 0.247. The van der Waals surface area contributed by atoms with Crippen LogP contribution in [0.5, 0.6) is 0 Å². The average molecular weight is 375 g/mol. The van der Waals surface area contributed by atoms with Crippen LogP contribution in [-0.2, 0) is 11.3 Å². The van der Waals surface area contributed by atoms with Crippen LogP contribution in [0.15, 0.2) is 36.9 Å². The van der Waals surface area contributed by atoms with Gasteiger partial charge in [-0.15, -0.1) is 5.10 Å². The number of H-pyrrole nitrogens is 1. The maximum atomic E-state index is 6.06. The van der Waals surface area contributed by atoms with E-state index in [2.05, 4.69) is 35.1 Å². The molecule has 4 aromatic heterocycles. The molecule has 10 nitrogen and oxygen atoms in total. The number of pyridine rings is 1. The predicted octanol–water partition coefficient (Wildman–Crippen LogP) is 1.15. The highest BCUT2D eigenvalue weighted by atomic mass is 16.5. The molecule has 0 bridgehead atoms. The van der Waals surface area contributed by atoms with E-state index >= 15 is 0 Å². The fourth-order valence-corrected chi connectivity index (χ4v) is 4.22. The van der Waals surface area contributed by atoms with Gasteiger partial charge in [0.1, 0.15) is 5.65 Å². The molecule has 2 atom stereocenters. The van der Waals surface area contributed by atoms with Crippen molar-refractivity contribution in [1.29, 1.82) is 0 Å². The minimum Gasteiger partial charge on any atom is -0.368 e. The second kappa shape index (κ2) is 5.73. The standard InChI is InChI=1S/C18H17N9O/c19-18-21-3-1-12(24-18)11-6-22-17-16(11)13(2-4-20-17)26-7-14-15(8-26)28-9-10-5-23-25-27(10)14/h1-6,14-15H,7-9H2,(H,20,22)(H2,19,21,24)/t14?,15-/m1/s1. The number of ether oxygens (including phenoxy) is 1. The number of rotatable bonds is 2. The maximum absolute atomic E-state index is 6.06. The molecule has 0 aliphatic carbocycles. The highest BCUT2D eigenvalue weighted by Gasteiger charge is 2.40. The first-order chi connectivity index (χ1) is 13.8. The molecule has 0 radical (unpaired) electrons. The Morgan fingerprint density at radius 3 is 3.04 bits per heavy atom. The van der Waals surface area contributed by atoms with Crippen LogP contribution >= 0.6 is 0 Å². The van der Waals surface area contributed by atoms with Gasteiger partial charge >= 0.3 is 0 Å². The molecule has 0 saturated carbocycles. The monoisotopic (exact) mass is 375 g/mol. The molecule has 1 fully saturated rings. The minimum atomic E-state index is 0.0782. The van der Waals surface area contributed by atoms with E-state index in [0.717, 1.165) is 46.8 Å². The molecule has 1 unspecified atom stereocenters. The quantitative estimate of drug-likeness (QED) is 0.535. The van der Waals surface area contributed by atoms with Crippen molar-refractivity contribution in [3.8, 4) is 11.3 Å². The second-order valence-corrected chi connectivity index (χ2v) is 7.05. The zero-order valence-electron chi connectivity index (χ0n) is 14.9. The van der Waals surface area contributed by atoms with E-state index in [1.807, 2.05) is 29.2 Å². The van der Waals surface area contributed by atoms with Crippen LogP contribution in [0.1, 0.15) is 11.7 Å². The normalized spacial score (nSPS) is 21.1. The molecule has 0 aromatic carbocycles. The third kappa shape index (κ3) is 2.21. The van der Waals surface area contributed by atoms with E-state index in [0.29, 0.717) is 6.61 Å². The Labute approximate surface area is 159 Å². The number of nitrogen functional groups attached to an aromatic ring is 1. The second-order valence-electron chi connectivity index (χ2n) is 7.05. The Kier molecular flexibility index (Phi) is 3.18. The fourth-order valence-electron chi connectivity index (χ4n) is 4.22. The van der Waals surface area contributed by atoms with Crippen LogP contribution in [0.25, 0.3) is 22.3 Å². The lowest BCUT2D eigenvalue weighted by molar-refractivity contribution is -0.00253. The third-order valence-electron chi connectivity index (χ3n) is 5.49. The Balaban J connectivity index is 1.45. The number of nitrogens with one attached hydrogen (secondary N) is 1. The van der Waals surface area contributed by atoms with E-state index in [4.69, 9.17) is 10.5 Å². The summed E-state index contributed by atoms with van der Waals surface area (Å²) in [5.41, 5.74) is 10.4. The first-order valence-corrected chi connectivity index (χ1v) is 9.08. The highest BCUT2D eigenvalue weighted by Crippen LogP contribution is 2.39. The molecule has 28 heavy (non-hydrogen) atoms. The number of nitrogens with two attached hydrogens (primary N) is 1. The van der Waals surface area contributed by atoms with Gasteiger partial charge in [0.05, 0.1) is 47.4 Å². The molecule has 0 amide bonds. The van der Waals surface area contributed by atoms with Crippen LogP contribution in [0.4, 0.5) is 11.6 Å². The van der Waals surface area contributed by atoms with Crippen LogP contribution < -0.4 is 10.6 Å². The number of hydrogen-bond donors (Lipinski definition) is 2. The molecular weight excluding hydrogens is 358 g/mol. The number of hydrogen-bond acceptors (Lipinski definition) is 8. The number of aromatic nitrogens is 7. The van der Waals surface area contributed by atoms with Gasteiger partial charge in [0, 0.05) is 37.2 Å².